The Kier molecular flexibility index (Phi) is 10.7. The van der Waals surface area contributed by atoms with Crippen LogP contribution in [-0.4, -0.2) is 43.5 Å². The lowest BCUT2D eigenvalue weighted by atomic mass is 9.84. The topological polar surface area (TPSA) is 96.5 Å². The summed E-state index contributed by atoms with van der Waals surface area (Å²) in [5.74, 6) is 0.0794. The van der Waals surface area contributed by atoms with Gasteiger partial charge in [-0.15, -0.1) is 12.4 Å². The maximum atomic E-state index is 12.3. The van der Waals surface area contributed by atoms with Gasteiger partial charge in [0, 0.05) is 17.7 Å². The van der Waals surface area contributed by atoms with E-state index in [2.05, 4.69) is 22.9 Å². The summed E-state index contributed by atoms with van der Waals surface area (Å²) in [6.45, 7) is 7.74. The summed E-state index contributed by atoms with van der Waals surface area (Å²) >= 11 is 0. The number of rotatable bonds is 8. The van der Waals surface area contributed by atoms with Crippen molar-refractivity contribution < 1.29 is 19.1 Å². The highest BCUT2D eigenvalue weighted by Crippen LogP contribution is 2.24. The average Bonchev–Trinajstić information content (AvgIpc) is 2.69. The molecule has 3 N–H and O–H groups in total. The van der Waals surface area contributed by atoms with E-state index in [0.717, 1.165) is 25.9 Å². The number of esters is 1. The van der Waals surface area contributed by atoms with Gasteiger partial charge in [-0.3, -0.25) is 9.59 Å². The highest BCUT2D eigenvalue weighted by Gasteiger charge is 2.22. The second kappa shape index (κ2) is 12.4. The van der Waals surface area contributed by atoms with Crippen molar-refractivity contribution in [3.63, 3.8) is 0 Å². The van der Waals surface area contributed by atoms with Crippen LogP contribution in [0, 0.1) is 11.8 Å². The number of piperidine rings is 1. The van der Waals surface area contributed by atoms with Gasteiger partial charge in [0.15, 0.2) is 0 Å². The molecule has 162 valence electrons. The molecule has 0 radical (unpaired) electrons. The SMILES string of the molecule is CCOC(=O)C(C)NC(=O)c1ccc(NC(=O)CC(C)C2CCNCC2)cc1.Cl. The molecule has 1 aromatic rings. The molecule has 1 fully saturated rings. The number of carbonyl (C=O) groups is 3. The maximum Gasteiger partial charge on any atom is 0.328 e. The largest absolute Gasteiger partial charge is 0.464 e. The normalized spacial score (nSPS) is 16.1. The van der Waals surface area contributed by atoms with Gasteiger partial charge in [0.25, 0.3) is 5.91 Å². The van der Waals surface area contributed by atoms with Crippen LogP contribution < -0.4 is 16.0 Å². The predicted molar refractivity (Wildman–Crippen MR) is 115 cm³/mol. The van der Waals surface area contributed by atoms with Crippen molar-refractivity contribution in [2.24, 2.45) is 11.8 Å². The summed E-state index contributed by atoms with van der Waals surface area (Å²) in [7, 11) is 0. The zero-order chi connectivity index (χ0) is 20.5. The summed E-state index contributed by atoms with van der Waals surface area (Å²) in [6, 6.07) is 5.91. The maximum absolute atomic E-state index is 12.3. The van der Waals surface area contributed by atoms with E-state index in [4.69, 9.17) is 4.74 Å². The number of nitrogens with one attached hydrogen (secondary N) is 3. The van der Waals surface area contributed by atoms with Gasteiger partial charge in [-0.1, -0.05) is 6.92 Å². The summed E-state index contributed by atoms with van der Waals surface area (Å²) in [4.78, 5) is 36.1. The van der Waals surface area contributed by atoms with Crippen molar-refractivity contribution in [1.82, 2.24) is 10.6 Å². The third-order valence-corrected chi connectivity index (χ3v) is 5.11. The lowest BCUT2D eigenvalue weighted by Gasteiger charge is -2.27. The smallest absolute Gasteiger partial charge is 0.328 e. The third kappa shape index (κ3) is 8.03. The predicted octanol–water partition coefficient (Wildman–Crippen LogP) is 2.75. The second-order valence-corrected chi connectivity index (χ2v) is 7.34. The minimum absolute atomic E-state index is 0. The number of ether oxygens (including phenoxy) is 1. The quantitative estimate of drug-likeness (QED) is 0.556. The minimum atomic E-state index is -0.719. The molecule has 0 bridgehead atoms. The standard InChI is InChI=1S/C21H31N3O4.ClH/c1-4-28-21(27)15(3)23-20(26)17-5-7-18(8-6-17)24-19(25)13-14(2)16-9-11-22-12-10-16;/h5-8,14-16,22H,4,9-13H2,1-3H3,(H,23,26)(H,24,25);1H. The molecular formula is C21H32ClN3O4. The van der Waals surface area contributed by atoms with Crippen molar-refractivity contribution in [2.75, 3.05) is 25.0 Å². The van der Waals surface area contributed by atoms with E-state index in [1.807, 2.05) is 0 Å². The fraction of sp³-hybridized carbons (Fsp3) is 0.571. The van der Waals surface area contributed by atoms with Crippen molar-refractivity contribution in [3.05, 3.63) is 29.8 Å². The van der Waals surface area contributed by atoms with Crippen LogP contribution in [0.2, 0.25) is 0 Å². The molecule has 2 amide bonds. The third-order valence-electron chi connectivity index (χ3n) is 5.11. The first kappa shape index (κ1) is 24.9. The van der Waals surface area contributed by atoms with Crippen LogP contribution in [0.25, 0.3) is 0 Å². The first-order valence-electron chi connectivity index (χ1n) is 9.98. The molecule has 2 atom stereocenters. The van der Waals surface area contributed by atoms with E-state index in [0.29, 0.717) is 29.5 Å². The van der Waals surface area contributed by atoms with Gasteiger partial charge in [0.1, 0.15) is 6.04 Å². The number of anilines is 1. The Balaban J connectivity index is 0.00000420. The number of benzene rings is 1. The van der Waals surface area contributed by atoms with Crippen LogP contribution in [0.3, 0.4) is 0 Å². The molecule has 0 spiro atoms. The van der Waals surface area contributed by atoms with E-state index in [1.54, 1.807) is 38.1 Å². The van der Waals surface area contributed by atoms with Gasteiger partial charge in [-0.2, -0.15) is 0 Å². The molecule has 2 rings (SSSR count). The van der Waals surface area contributed by atoms with Crippen molar-refractivity contribution in [3.8, 4) is 0 Å². The van der Waals surface area contributed by atoms with Crippen molar-refractivity contribution >= 4 is 35.9 Å². The van der Waals surface area contributed by atoms with E-state index in [1.165, 1.54) is 0 Å². The zero-order valence-electron chi connectivity index (χ0n) is 17.3. The first-order chi connectivity index (χ1) is 13.4. The van der Waals surface area contributed by atoms with Crippen molar-refractivity contribution in [1.29, 1.82) is 0 Å². The van der Waals surface area contributed by atoms with E-state index < -0.39 is 12.0 Å². The molecule has 7 nitrogen and oxygen atoms in total. The first-order valence-corrected chi connectivity index (χ1v) is 9.98. The molecule has 1 aliphatic heterocycles. The molecule has 29 heavy (non-hydrogen) atoms. The summed E-state index contributed by atoms with van der Waals surface area (Å²) < 4.78 is 4.87. The van der Waals surface area contributed by atoms with Crippen molar-refractivity contribution in [2.45, 2.75) is 46.1 Å². The number of halogens is 1. The minimum Gasteiger partial charge on any atom is -0.464 e. The molecular weight excluding hydrogens is 394 g/mol. The summed E-state index contributed by atoms with van der Waals surface area (Å²) in [5.41, 5.74) is 1.06. The van der Waals surface area contributed by atoms with Crippen LogP contribution in [0.1, 0.15) is 50.4 Å². The number of hydrogen-bond donors (Lipinski definition) is 3. The van der Waals surface area contributed by atoms with Gasteiger partial charge in [-0.05, 0) is 75.9 Å². The Morgan fingerprint density at radius 3 is 2.34 bits per heavy atom. The fourth-order valence-electron chi connectivity index (χ4n) is 3.40. The second-order valence-electron chi connectivity index (χ2n) is 7.34. The number of hydrogen-bond acceptors (Lipinski definition) is 5. The molecule has 0 aliphatic carbocycles. The average molecular weight is 426 g/mol. The lowest BCUT2D eigenvalue weighted by molar-refractivity contribution is -0.144. The summed E-state index contributed by atoms with van der Waals surface area (Å²) in [5, 5.41) is 8.83. The zero-order valence-corrected chi connectivity index (χ0v) is 18.1. The van der Waals surface area contributed by atoms with Crippen LogP contribution in [-0.2, 0) is 14.3 Å². The van der Waals surface area contributed by atoms with Gasteiger partial charge in [0.2, 0.25) is 5.91 Å². The van der Waals surface area contributed by atoms with Gasteiger partial charge in [0.05, 0.1) is 6.61 Å². The number of carbonyl (C=O) groups excluding carboxylic acids is 3. The van der Waals surface area contributed by atoms with Gasteiger partial charge < -0.3 is 20.7 Å². The van der Waals surface area contributed by atoms with E-state index >= 15 is 0 Å². The Labute approximate surface area is 178 Å². The molecule has 1 aromatic carbocycles. The Morgan fingerprint density at radius 2 is 1.76 bits per heavy atom. The molecule has 1 heterocycles. The van der Waals surface area contributed by atoms with E-state index in [9.17, 15) is 14.4 Å². The van der Waals surface area contributed by atoms with Crippen LogP contribution >= 0.6 is 12.4 Å². The van der Waals surface area contributed by atoms with Gasteiger partial charge in [-0.25, -0.2) is 4.79 Å². The monoisotopic (exact) mass is 425 g/mol. The van der Waals surface area contributed by atoms with Crippen LogP contribution in [0.5, 0.6) is 0 Å². The molecule has 0 aromatic heterocycles. The van der Waals surface area contributed by atoms with Crippen LogP contribution in [0.15, 0.2) is 24.3 Å². The van der Waals surface area contributed by atoms with Gasteiger partial charge >= 0.3 is 5.97 Å². The van der Waals surface area contributed by atoms with Crippen LogP contribution in [0.4, 0.5) is 5.69 Å². The molecule has 1 aliphatic rings. The Bertz CT molecular complexity index is 675. The highest BCUT2D eigenvalue weighted by atomic mass is 35.5. The molecule has 0 saturated carbocycles. The van der Waals surface area contributed by atoms with E-state index in [-0.39, 0.29) is 30.8 Å². The molecule has 8 heteroatoms. The Hall–Kier alpha value is -2.12. The summed E-state index contributed by atoms with van der Waals surface area (Å²) in [6.07, 6.45) is 2.72. The fourth-order valence-corrected chi connectivity index (χ4v) is 3.40. The molecule has 2 unspecified atom stereocenters. The Morgan fingerprint density at radius 1 is 1.14 bits per heavy atom. The highest BCUT2D eigenvalue weighted by molar-refractivity contribution is 5.97. The lowest BCUT2D eigenvalue weighted by Crippen LogP contribution is -2.39. The number of amides is 2. The molecule has 1 saturated heterocycles.